The lowest BCUT2D eigenvalue weighted by Crippen LogP contribution is -2.34. The first kappa shape index (κ1) is 23.9. The molecular weight excluding hydrogens is 434 g/mol. The number of rotatable bonds is 7. The van der Waals surface area contributed by atoms with Crippen molar-refractivity contribution in [2.45, 2.75) is 33.3 Å². The molecule has 3 rings (SSSR count). The van der Waals surface area contributed by atoms with Crippen LogP contribution in [0.3, 0.4) is 0 Å². The number of anilines is 2. The van der Waals surface area contributed by atoms with Gasteiger partial charge in [-0.3, -0.25) is 14.9 Å². The smallest absolute Gasteiger partial charge is 0.257 e. The van der Waals surface area contributed by atoms with Crippen LogP contribution in [-0.2, 0) is 0 Å². The van der Waals surface area contributed by atoms with E-state index in [-0.39, 0.29) is 23.0 Å². The van der Waals surface area contributed by atoms with E-state index in [1.54, 1.807) is 48.5 Å². The number of thiocarbonyl (C=S) groups is 1. The molecule has 33 heavy (non-hydrogen) atoms. The topological polar surface area (TPSA) is 79.5 Å². The molecule has 0 saturated carbocycles. The van der Waals surface area contributed by atoms with Gasteiger partial charge in [-0.15, -0.1) is 0 Å². The molecule has 3 aromatic carbocycles. The zero-order valence-electron chi connectivity index (χ0n) is 18.8. The SMILES string of the molecule is CCC(C)Oc1ccc(C(=O)NC(=S)Nc2ccc(NC(=O)c3ccccc3)c(C)c2)cc1. The fourth-order valence-corrected chi connectivity index (χ4v) is 3.21. The average molecular weight is 462 g/mol. The number of ether oxygens (including phenoxy) is 1. The van der Waals surface area contributed by atoms with E-state index in [1.165, 1.54) is 0 Å². The second-order valence-corrected chi connectivity index (χ2v) is 8.03. The summed E-state index contributed by atoms with van der Waals surface area (Å²) in [6.07, 6.45) is 1.02. The summed E-state index contributed by atoms with van der Waals surface area (Å²) in [6.45, 7) is 5.93. The van der Waals surface area contributed by atoms with Crippen LogP contribution < -0.4 is 20.7 Å². The summed E-state index contributed by atoms with van der Waals surface area (Å²) in [7, 11) is 0. The molecule has 2 amide bonds. The minimum Gasteiger partial charge on any atom is -0.491 e. The Morgan fingerprint density at radius 1 is 0.909 bits per heavy atom. The van der Waals surface area contributed by atoms with Crippen molar-refractivity contribution in [1.29, 1.82) is 0 Å². The van der Waals surface area contributed by atoms with E-state index in [0.717, 1.165) is 17.7 Å². The Kier molecular flexibility index (Phi) is 8.16. The molecule has 0 heterocycles. The number of benzene rings is 3. The molecule has 170 valence electrons. The van der Waals surface area contributed by atoms with Crippen molar-refractivity contribution in [2.24, 2.45) is 0 Å². The van der Waals surface area contributed by atoms with Crippen molar-refractivity contribution in [3.8, 4) is 5.75 Å². The molecule has 1 unspecified atom stereocenters. The van der Waals surface area contributed by atoms with Crippen LogP contribution in [0.4, 0.5) is 11.4 Å². The quantitative estimate of drug-likeness (QED) is 0.402. The van der Waals surface area contributed by atoms with Gasteiger partial charge in [-0.05, 0) is 92.6 Å². The molecule has 0 radical (unpaired) electrons. The first-order valence-electron chi connectivity index (χ1n) is 10.7. The van der Waals surface area contributed by atoms with Crippen molar-refractivity contribution < 1.29 is 14.3 Å². The lowest BCUT2D eigenvalue weighted by Gasteiger charge is -2.14. The Morgan fingerprint density at radius 3 is 2.21 bits per heavy atom. The third-order valence-corrected chi connectivity index (χ3v) is 5.23. The second-order valence-electron chi connectivity index (χ2n) is 7.62. The standard InChI is InChI=1S/C26H27N3O3S/c1-4-18(3)32-22-13-10-20(11-14-22)25(31)29-26(33)27-21-12-15-23(17(2)16-21)28-24(30)19-8-6-5-7-9-19/h5-16,18H,4H2,1-3H3,(H,28,30)(H2,27,29,31,33). The third-order valence-electron chi connectivity index (χ3n) is 5.02. The summed E-state index contributed by atoms with van der Waals surface area (Å²) in [4.78, 5) is 24.9. The van der Waals surface area contributed by atoms with E-state index in [9.17, 15) is 9.59 Å². The first-order chi connectivity index (χ1) is 15.9. The monoisotopic (exact) mass is 461 g/mol. The first-order valence-corrected chi connectivity index (χ1v) is 11.1. The average Bonchev–Trinajstić information content (AvgIpc) is 2.81. The van der Waals surface area contributed by atoms with Crippen LogP contribution in [-0.4, -0.2) is 23.0 Å². The molecule has 0 aromatic heterocycles. The number of carbonyl (C=O) groups excluding carboxylic acids is 2. The van der Waals surface area contributed by atoms with Gasteiger partial charge in [0.25, 0.3) is 11.8 Å². The van der Waals surface area contributed by atoms with Gasteiger partial charge in [0.15, 0.2) is 5.11 Å². The Morgan fingerprint density at radius 2 is 1.58 bits per heavy atom. The number of amides is 2. The maximum absolute atomic E-state index is 12.5. The molecule has 0 aliphatic rings. The van der Waals surface area contributed by atoms with Crippen LogP contribution in [0, 0.1) is 6.92 Å². The Labute approximate surface area is 199 Å². The normalized spacial score (nSPS) is 11.2. The Bertz CT molecular complexity index is 1130. The second kappa shape index (κ2) is 11.2. The number of hydrogen-bond acceptors (Lipinski definition) is 4. The van der Waals surface area contributed by atoms with Crippen LogP contribution in [0.1, 0.15) is 46.5 Å². The molecule has 6 nitrogen and oxygen atoms in total. The Balaban J connectivity index is 1.56. The molecule has 3 aromatic rings. The minimum absolute atomic E-state index is 0.114. The molecular formula is C26H27N3O3S. The molecule has 1 atom stereocenters. The predicted molar refractivity (Wildman–Crippen MR) is 136 cm³/mol. The number of nitrogens with one attached hydrogen (secondary N) is 3. The zero-order chi connectivity index (χ0) is 23.8. The van der Waals surface area contributed by atoms with Gasteiger partial charge >= 0.3 is 0 Å². The molecule has 7 heteroatoms. The van der Waals surface area contributed by atoms with Crippen LogP contribution in [0.5, 0.6) is 5.75 Å². The number of aryl methyl sites for hydroxylation is 1. The van der Waals surface area contributed by atoms with E-state index in [4.69, 9.17) is 17.0 Å². The summed E-state index contributed by atoms with van der Waals surface area (Å²) in [5, 5.41) is 8.76. The number of carbonyl (C=O) groups is 2. The van der Waals surface area contributed by atoms with Crippen LogP contribution in [0.15, 0.2) is 72.8 Å². The molecule has 0 saturated heterocycles. The Hall–Kier alpha value is -3.71. The third kappa shape index (κ3) is 6.89. The molecule has 0 aliphatic carbocycles. The van der Waals surface area contributed by atoms with Gasteiger partial charge < -0.3 is 15.4 Å². The van der Waals surface area contributed by atoms with E-state index in [2.05, 4.69) is 22.9 Å². The molecule has 0 spiro atoms. The summed E-state index contributed by atoms with van der Waals surface area (Å²) < 4.78 is 5.73. The van der Waals surface area contributed by atoms with Gasteiger partial charge in [0.05, 0.1) is 6.10 Å². The van der Waals surface area contributed by atoms with Crippen LogP contribution >= 0.6 is 12.2 Å². The van der Waals surface area contributed by atoms with Gasteiger partial charge in [-0.25, -0.2) is 0 Å². The van der Waals surface area contributed by atoms with Gasteiger partial charge in [0.2, 0.25) is 0 Å². The van der Waals surface area contributed by atoms with Gasteiger partial charge in [-0.1, -0.05) is 25.1 Å². The summed E-state index contributed by atoms with van der Waals surface area (Å²) in [5.41, 5.74) is 3.32. The molecule has 0 bridgehead atoms. The largest absolute Gasteiger partial charge is 0.491 e. The van der Waals surface area contributed by atoms with Crippen molar-refractivity contribution in [1.82, 2.24) is 5.32 Å². The van der Waals surface area contributed by atoms with E-state index in [1.807, 2.05) is 38.1 Å². The minimum atomic E-state index is -0.314. The van der Waals surface area contributed by atoms with Crippen LogP contribution in [0.25, 0.3) is 0 Å². The van der Waals surface area contributed by atoms with Crippen LogP contribution in [0.2, 0.25) is 0 Å². The van der Waals surface area contributed by atoms with Gasteiger partial charge in [0, 0.05) is 22.5 Å². The molecule has 3 N–H and O–H groups in total. The summed E-state index contributed by atoms with van der Waals surface area (Å²) in [5.74, 6) is 0.227. The van der Waals surface area contributed by atoms with E-state index in [0.29, 0.717) is 22.5 Å². The lowest BCUT2D eigenvalue weighted by molar-refractivity contribution is 0.0976. The van der Waals surface area contributed by atoms with E-state index >= 15 is 0 Å². The summed E-state index contributed by atoms with van der Waals surface area (Å²) in [6, 6.07) is 21.4. The van der Waals surface area contributed by atoms with E-state index < -0.39 is 0 Å². The zero-order valence-corrected chi connectivity index (χ0v) is 19.7. The highest BCUT2D eigenvalue weighted by Gasteiger charge is 2.11. The summed E-state index contributed by atoms with van der Waals surface area (Å²) >= 11 is 5.28. The lowest BCUT2D eigenvalue weighted by atomic mass is 10.1. The highest BCUT2D eigenvalue weighted by atomic mass is 32.1. The predicted octanol–water partition coefficient (Wildman–Crippen LogP) is 5.55. The van der Waals surface area contributed by atoms with Crippen molar-refractivity contribution in [2.75, 3.05) is 10.6 Å². The van der Waals surface area contributed by atoms with Crippen molar-refractivity contribution in [3.05, 3.63) is 89.5 Å². The highest BCUT2D eigenvalue weighted by molar-refractivity contribution is 7.80. The van der Waals surface area contributed by atoms with Gasteiger partial charge in [-0.2, -0.15) is 0 Å². The maximum atomic E-state index is 12.5. The van der Waals surface area contributed by atoms with Crippen molar-refractivity contribution in [3.63, 3.8) is 0 Å². The maximum Gasteiger partial charge on any atom is 0.257 e. The fraction of sp³-hybridized carbons (Fsp3) is 0.192. The molecule has 0 aliphatic heterocycles. The van der Waals surface area contributed by atoms with Gasteiger partial charge in [0.1, 0.15) is 5.75 Å². The molecule has 0 fully saturated rings. The van der Waals surface area contributed by atoms with Crippen molar-refractivity contribution >= 4 is 40.5 Å². The fourth-order valence-electron chi connectivity index (χ4n) is 3.00. The number of hydrogen-bond donors (Lipinski definition) is 3. The highest BCUT2D eigenvalue weighted by Crippen LogP contribution is 2.21.